The van der Waals surface area contributed by atoms with Gasteiger partial charge in [0.15, 0.2) is 23.0 Å². The SMILES string of the molecule is COc1cc2c(cc1OC)CN(CC1Nc3cc(OC)c(OC)cc3C(=O)N1CC#N)CC2. The Morgan fingerprint density at radius 1 is 0.970 bits per heavy atom. The van der Waals surface area contributed by atoms with E-state index in [-0.39, 0.29) is 18.6 Å². The van der Waals surface area contributed by atoms with E-state index in [1.165, 1.54) is 18.2 Å². The first-order valence-electron chi connectivity index (χ1n) is 10.7. The summed E-state index contributed by atoms with van der Waals surface area (Å²) in [6.07, 6.45) is 0.500. The highest BCUT2D eigenvalue weighted by molar-refractivity contribution is 6.02. The topological polar surface area (TPSA) is 96.3 Å². The number of amides is 1. The van der Waals surface area contributed by atoms with E-state index in [1.54, 1.807) is 38.4 Å². The van der Waals surface area contributed by atoms with Crippen LogP contribution < -0.4 is 24.3 Å². The van der Waals surface area contributed by atoms with Gasteiger partial charge in [-0.3, -0.25) is 9.69 Å². The van der Waals surface area contributed by atoms with Gasteiger partial charge < -0.3 is 29.2 Å². The van der Waals surface area contributed by atoms with E-state index in [9.17, 15) is 10.1 Å². The van der Waals surface area contributed by atoms with Crippen molar-refractivity contribution in [2.45, 2.75) is 19.1 Å². The third kappa shape index (κ3) is 4.22. The number of nitrogens with zero attached hydrogens (tertiary/aromatic N) is 3. The summed E-state index contributed by atoms with van der Waals surface area (Å²) in [5, 5.41) is 12.8. The molecule has 9 heteroatoms. The predicted octanol–water partition coefficient (Wildman–Crippen LogP) is 2.50. The van der Waals surface area contributed by atoms with Crippen LogP contribution in [0.1, 0.15) is 21.5 Å². The summed E-state index contributed by atoms with van der Waals surface area (Å²) in [5.74, 6) is 2.23. The Balaban J connectivity index is 1.59. The third-order valence-electron chi connectivity index (χ3n) is 6.18. The normalized spacial score (nSPS) is 17.4. The van der Waals surface area contributed by atoms with Crippen LogP contribution in [0.15, 0.2) is 24.3 Å². The maximum Gasteiger partial charge on any atom is 0.258 e. The molecule has 174 valence electrons. The van der Waals surface area contributed by atoms with Crippen LogP contribution in [0.4, 0.5) is 5.69 Å². The molecule has 9 nitrogen and oxygen atoms in total. The number of carbonyl (C=O) groups excluding carboxylic acids is 1. The van der Waals surface area contributed by atoms with Crippen molar-refractivity contribution < 1.29 is 23.7 Å². The van der Waals surface area contributed by atoms with Gasteiger partial charge in [-0.15, -0.1) is 0 Å². The quantitative estimate of drug-likeness (QED) is 0.640. The molecule has 1 unspecified atom stereocenters. The van der Waals surface area contributed by atoms with E-state index >= 15 is 0 Å². The van der Waals surface area contributed by atoms with Crippen molar-refractivity contribution in [3.8, 4) is 29.1 Å². The van der Waals surface area contributed by atoms with Crippen molar-refractivity contribution in [3.05, 3.63) is 41.0 Å². The molecule has 0 bridgehead atoms. The molecule has 0 fully saturated rings. The van der Waals surface area contributed by atoms with Crippen molar-refractivity contribution >= 4 is 11.6 Å². The van der Waals surface area contributed by atoms with E-state index in [0.717, 1.165) is 18.7 Å². The lowest BCUT2D eigenvalue weighted by molar-refractivity contribution is 0.0662. The molecule has 0 aromatic heterocycles. The fourth-order valence-corrected chi connectivity index (χ4v) is 4.47. The predicted molar refractivity (Wildman–Crippen MR) is 122 cm³/mol. The largest absolute Gasteiger partial charge is 0.493 e. The summed E-state index contributed by atoms with van der Waals surface area (Å²) >= 11 is 0. The lowest BCUT2D eigenvalue weighted by Gasteiger charge is -2.40. The van der Waals surface area contributed by atoms with E-state index < -0.39 is 0 Å². The summed E-state index contributed by atoms with van der Waals surface area (Å²) in [5.41, 5.74) is 3.52. The van der Waals surface area contributed by atoms with Gasteiger partial charge in [0.05, 0.1) is 45.8 Å². The molecule has 4 rings (SSSR count). The number of benzene rings is 2. The molecule has 2 heterocycles. The minimum atomic E-state index is -0.357. The van der Waals surface area contributed by atoms with E-state index in [2.05, 4.69) is 16.3 Å². The lowest BCUT2D eigenvalue weighted by Crippen LogP contribution is -2.54. The minimum Gasteiger partial charge on any atom is -0.493 e. The highest BCUT2D eigenvalue weighted by atomic mass is 16.5. The molecule has 1 N–H and O–H groups in total. The molecule has 2 aromatic rings. The first-order chi connectivity index (χ1) is 16.0. The van der Waals surface area contributed by atoms with Gasteiger partial charge in [0.25, 0.3) is 5.91 Å². The number of methoxy groups -OCH3 is 4. The highest BCUT2D eigenvalue weighted by Crippen LogP contribution is 2.37. The second kappa shape index (κ2) is 9.46. The van der Waals surface area contributed by atoms with Crippen LogP contribution in [-0.2, 0) is 13.0 Å². The molecule has 2 aliphatic rings. The fourth-order valence-electron chi connectivity index (χ4n) is 4.47. The number of rotatable bonds is 7. The summed E-state index contributed by atoms with van der Waals surface area (Å²) < 4.78 is 21.6. The molecule has 0 aliphatic carbocycles. The van der Waals surface area contributed by atoms with Gasteiger partial charge >= 0.3 is 0 Å². The molecule has 2 aromatic carbocycles. The Bertz CT molecular complexity index is 1100. The summed E-state index contributed by atoms with van der Waals surface area (Å²) in [6.45, 7) is 2.09. The fraction of sp³-hybridized carbons (Fsp3) is 0.417. The standard InChI is InChI=1S/C24H28N4O5/c1-30-19-9-15-5-7-27(13-16(15)10-20(19)31-2)14-23-26-18-12-22(33-4)21(32-3)11-17(18)24(29)28(23)8-6-25/h9-12,23,26H,5,7-8,13-14H2,1-4H3. The maximum absolute atomic E-state index is 13.3. The van der Waals surface area contributed by atoms with Gasteiger partial charge in [-0.2, -0.15) is 5.26 Å². The Kier molecular flexibility index (Phi) is 6.47. The number of anilines is 1. The Morgan fingerprint density at radius 3 is 2.21 bits per heavy atom. The average Bonchev–Trinajstić information content (AvgIpc) is 2.84. The van der Waals surface area contributed by atoms with Crippen LogP contribution in [0.3, 0.4) is 0 Å². The number of nitriles is 1. The molecule has 33 heavy (non-hydrogen) atoms. The second-order valence-corrected chi connectivity index (χ2v) is 7.97. The van der Waals surface area contributed by atoms with Crippen LogP contribution in [0.25, 0.3) is 0 Å². The van der Waals surface area contributed by atoms with Gasteiger partial charge in [-0.1, -0.05) is 0 Å². The zero-order chi connectivity index (χ0) is 23.5. The van der Waals surface area contributed by atoms with Crippen molar-refractivity contribution in [1.29, 1.82) is 5.26 Å². The van der Waals surface area contributed by atoms with E-state index in [1.807, 2.05) is 12.1 Å². The molecular formula is C24H28N4O5. The molecule has 1 amide bonds. The van der Waals surface area contributed by atoms with Crippen LogP contribution >= 0.6 is 0 Å². The smallest absolute Gasteiger partial charge is 0.258 e. The molecule has 2 aliphatic heterocycles. The average molecular weight is 453 g/mol. The third-order valence-corrected chi connectivity index (χ3v) is 6.18. The van der Waals surface area contributed by atoms with Gasteiger partial charge in [0, 0.05) is 25.7 Å². The summed E-state index contributed by atoms with van der Waals surface area (Å²) in [7, 11) is 6.35. The lowest BCUT2D eigenvalue weighted by atomic mass is 9.98. The molecule has 0 saturated carbocycles. The van der Waals surface area contributed by atoms with Gasteiger partial charge in [0.2, 0.25) is 0 Å². The molecule has 1 atom stereocenters. The van der Waals surface area contributed by atoms with Crippen molar-refractivity contribution in [1.82, 2.24) is 9.80 Å². The zero-order valence-corrected chi connectivity index (χ0v) is 19.3. The Labute approximate surface area is 193 Å². The van der Waals surface area contributed by atoms with Crippen molar-refractivity contribution in [2.24, 2.45) is 0 Å². The minimum absolute atomic E-state index is 0.0142. The van der Waals surface area contributed by atoms with Gasteiger partial charge in [-0.05, 0) is 35.7 Å². The summed E-state index contributed by atoms with van der Waals surface area (Å²) in [6, 6.07) is 9.59. The van der Waals surface area contributed by atoms with Crippen LogP contribution in [0.5, 0.6) is 23.0 Å². The Morgan fingerprint density at radius 2 is 1.58 bits per heavy atom. The highest BCUT2D eigenvalue weighted by Gasteiger charge is 2.35. The van der Waals surface area contributed by atoms with Crippen molar-refractivity contribution in [2.75, 3.05) is 53.4 Å². The first kappa shape index (κ1) is 22.6. The van der Waals surface area contributed by atoms with E-state index in [4.69, 9.17) is 18.9 Å². The molecule has 0 saturated heterocycles. The second-order valence-electron chi connectivity index (χ2n) is 7.97. The Hall–Kier alpha value is -3.64. The first-order valence-corrected chi connectivity index (χ1v) is 10.7. The van der Waals surface area contributed by atoms with Gasteiger partial charge in [-0.25, -0.2) is 0 Å². The van der Waals surface area contributed by atoms with Crippen LogP contribution in [0.2, 0.25) is 0 Å². The molecular weight excluding hydrogens is 424 g/mol. The zero-order valence-electron chi connectivity index (χ0n) is 19.3. The number of ether oxygens (including phenoxy) is 4. The molecule has 0 spiro atoms. The number of hydrogen-bond donors (Lipinski definition) is 1. The van der Waals surface area contributed by atoms with Crippen LogP contribution in [-0.4, -0.2) is 69.9 Å². The van der Waals surface area contributed by atoms with Crippen LogP contribution in [0, 0.1) is 11.3 Å². The monoisotopic (exact) mass is 452 g/mol. The number of fused-ring (bicyclic) bond motifs is 2. The van der Waals surface area contributed by atoms with Gasteiger partial charge in [0.1, 0.15) is 12.7 Å². The van der Waals surface area contributed by atoms with E-state index in [0.29, 0.717) is 41.6 Å². The number of hydrogen-bond acceptors (Lipinski definition) is 8. The number of carbonyl (C=O) groups is 1. The summed E-state index contributed by atoms with van der Waals surface area (Å²) in [4.78, 5) is 17.1. The van der Waals surface area contributed by atoms with Crippen molar-refractivity contribution in [3.63, 3.8) is 0 Å². The molecule has 0 radical (unpaired) electrons. The maximum atomic E-state index is 13.3. The number of nitrogens with one attached hydrogen (secondary N) is 1.